The maximum Gasteiger partial charge on any atom is 0.306 e. The molecule has 0 radical (unpaired) electrons. The number of halogens is 1. The van der Waals surface area contributed by atoms with Crippen molar-refractivity contribution in [3.05, 3.63) is 17.0 Å². The van der Waals surface area contributed by atoms with Gasteiger partial charge in [0, 0.05) is 18.2 Å². The van der Waals surface area contributed by atoms with Crippen LogP contribution < -0.4 is 5.73 Å². The smallest absolute Gasteiger partial charge is 0.306 e. The third-order valence-corrected chi connectivity index (χ3v) is 1.95. The zero-order valence-corrected chi connectivity index (χ0v) is 9.12. The van der Waals surface area contributed by atoms with Crippen molar-refractivity contribution < 1.29 is 9.53 Å². The van der Waals surface area contributed by atoms with Crippen LogP contribution in [0.5, 0.6) is 0 Å². The molecule has 0 bridgehead atoms. The average Bonchev–Trinajstić information content (AvgIpc) is 2.17. The van der Waals surface area contributed by atoms with Crippen LogP contribution in [0.1, 0.15) is 18.9 Å². The van der Waals surface area contributed by atoms with Crippen LogP contribution in [-0.4, -0.2) is 22.5 Å². The van der Waals surface area contributed by atoms with Gasteiger partial charge in [-0.3, -0.25) is 4.79 Å². The summed E-state index contributed by atoms with van der Waals surface area (Å²) in [6.07, 6.45) is 2.24. The molecule has 0 aliphatic carbocycles. The van der Waals surface area contributed by atoms with Gasteiger partial charge in [0.15, 0.2) is 0 Å². The molecule has 1 aromatic heterocycles. The molecular formula is C9H12ClN3O2. The highest BCUT2D eigenvalue weighted by Gasteiger charge is 2.07. The predicted molar refractivity (Wildman–Crippen MR) is 56.4 cm³/mol. The lowest BCUT2D eigenvalue weighted by atomic mass is 10.2. The number of nitrogen functional groups attached to an aromatic ring is 1. The molecule has 0 saturated carbocycles. The normalized spacial score (nSPS) is 10.0. The fourth-order valence-electron chi connectivity index (χ4n) is 1.06. The number of ether oxygens (including phenoxy) is 1. The van der Waals surface area contributed by atoms with Crippen molar-refractivity contribution in [3.8, 4) is 0 Å². The summed E-state index contributed by atoms with van der Waals surface area (Å²) < 4.78 is 4.78. The second kappa shape index (κ2) is 5.50. The Morgan fingerprint density at radius 2 is 2.40 bits per heavy atom. The van der Waals surface area contributed by atoms with Gasteiger partial charge in [-0.2, -0.15) is 0 Å². The van der Waals surface area contributed by atoms with E-state index < -0.39 is 0 Å². The van der Waals surface area contributed by atoms with E-state index in [0.29, 0.717) is 24.4 Å². The van der Waals surface area contributed by atoms with Crippen LogP contribution in [0.4, 0.5) is 5.82 Å². The highest BCUT2D eigenvalue weighted by atomic mass is 35.5. The predicted octanol–water partition coefficient (Wildman–Crippen LogP) is 1.21. The summed E-state index contributed by atoms with van der Waals surface area (Å²) in [5.41, 5.74) is 6.30. The van der Waals surface area contributed by atoms with E-state index in [0.717, 1.165) is 0 Å². The van der Waals surface area contributed by atoms with Gasteiger partial charge in [0.25, 0.3) is 0 Å². The van der Waals surface area contributed by atoms with Crippen LogP contribution in [0, 0.1) is 0 Å². The molecule has 6 heteroatoms. The number of carbonyl (C=O) groups is 1. The van der Waals surface area contributed by atoms with Crippen LogP contribution in [0.25, 0.3) is 0 Å². The summed E-state index contributed by atoms with van der Waals surface area (Å²) >= 11 is 5.54. The molecule has 0 unspecified atom stereocenters. The maximum atomic E-state index is 11.1. The van der Waals surface area contributed by atoms with Crippen LogP contribution in [0.3, 0.4) is 0 Å². The monoisotopic (exact) mass is 229 g/mol. The van der Waals surface area contributed by atoms with E-state index in [1.807, 2.05) is 0 Å². The lowest BCUT2D eigenvalue weighted by Gasteiger charge is -2.04. The Morgan fingerprint density at radius 3 is 3.00 bits per heavy atom. The molecule has 2 N–H and O–H groups in total. The molecule has 0 atom stereocenters. The Hall–Kier alpha value is -1.36. The number of esters is 1. The zero-order chi connectivity index (χ0) is 11.3. The Morgan fingerprint density at radius 1 is 1.67 bits per heavy atom. The molecule has 1 aromatic rings. The van der Waals surface area contributed by atoms with Crippen molar-refractivity contribution in [1.29, 1.82) is 0 Å². The summed E-state index contributed by atoms with van der Waals surface area (Å²) in [5, 5.41) is 0.104. The molecule has 1 heterocycles. The Kier molecular flexibility index (Phi) is 4.30. The molecule has 0 amide bonds. The third kappa shape index (κ3) is 3.71. The molecule has 0 aliphatic heterocycles. The lowest BCUT2D eigenvalue weighted by Crippen LogP contribution is -2.07. The summed E-state index contributed by atoms with van der Waals surface area (Å²) in [5.74, 6) is 0.0474. The molecule has 0 saturated heterocycles. The molecule has 0 spiro atoms. The van der Waals surface area contributed by atoms with Gasteiger partial charge in [-0.25, -0.2) is 9.97 Å². The van der Waals surface area contributed by atoms with Gasteiger partial charge in [0.2, 0.25) is 5.28 Å². The highest BCUT2D eigenvalue weighted by Crippen LogP contribution is 2.12. The summed E-state index contributed by atoms with van der Waals surface area (Å²) in [7, 11) is 0. The number of hydrogen-bond donors (Lipinski definition) is 1. The number of anilines is 1. The van der Waals surface area contributed by atoms with E-state index in [2.05, 4.69) is 9.97 Å². The quantitative estimate of drug-likeness (QED) is 0.620. The molecule has 0 aromatic carbocycles. The second-order valence-corrected chi connectivity index (χ2v) is 3.19. The van der Waals surface area contributed by atoms with E-state index in [1.165, 1.54) is 6.20 Å². The molecule has 82 valence electrons. The van der Waals surface area contributed by atoms with Gasteiger partial charge in [-0.1, -0.05) is 0 Å². The van der Waals surface area contributed by atoms with Crippen molar-refractivity contribution in [2.75, 3.05) is 12.3 Å². The molecule has 15 heavy (non-hydrogen) atoms. The Balaban J connectivity index is 2.54. The zero-order valence-electron chi connectivity index (χ0n) is 8.36. The van der Waals surface area contributed by atoms with Gasteiger partial charge >= 0.3 is 5.97 Å². The number of nitrogens with two attached hydrogens (primary N) is 1. The fourth-order valence-corrected chi connectivity index (χ4v) is 1.20. The number of aryl methyl sites for hydroxylation is 1. The molecule has 0 aliphatic rings. The van der Waals surface area contributed by atoms with Crippen LogP contribution in [0.2, 0.25) is 5.28 Å². The minimum absolute atomic E-state index is 0.104. The van der Waals surface area contributed by atoms with Gasteiger partial charge < -0.3 is 10.5 Å². The SMILES string of the molecule is CCOC(=O)CCc1cnc(Cl)nc1N. The molecule has 5 nitrogen and oxygen atoms in total. The van der Waals surface area contributed by atoms with Crippen LogP contribution >= 0.6 is 11.6 Å². The number of hydrogen-bond acceptors (Lipinski definition) is 5. The van der Waals surface area contributed by atoms with Crippen molar-refractivity contribution in [2.24, 2.45) is 0 Å². The van der Waals surface area contributed by atoms with E-state index >= 15 is 0 Å². The van der Waals surface area contributed by atoms with Crippen LogP contribution in [-0.2, 0) is 16.0 Å². The number of aromatic nitrogens is 2. The number of carbonyl (C=O) groups excluding carboxylic acids is 1. The topological polar surface area (TPSA) is 78.1 Å². The van der Waals surface area contributed by atoms with Crippen molar-refractivity contribution in [2.45, 2.75) is 19.8 Å². The molecule has 1 rings (SSSR count). The second-order valence-electron chi connectivity index (χ2n) is 2.85. The minimum atomic E-state index is -0.258. The Bertz CT molecular complexity index is 357. The van der Waals surface area contributed by atoms with Gasteiger partial charge in [-0.15, -0.1) is 0 Å². The van der Waals surface area contributed by atoms with Crippen molar-refractivity contribution in [1.82, 2.24) is 9.97 Å². The first-order valence-electron chi connectivity index (χ1n) is 4.56. The van der Waals surface area contributed by atoms with E-state index in [1.54, 1.807) is 6.92 Å². The summed E-state index contributed by atoms with van der Waals surface area (Å²) in [4.78, 5) is 18.6. The summed E-state index contributed by atoms with van der Waals surface area (Å²) in [6.45, 7) is 2.14. The largest absolute Gasteiger partial charge is 0.466 e. The number of nitrogens with zero attached hydrogens (tertiary/aromatic N) is 2. The first-order chi connectivity index (χ1) is 7.13. The molecule has 0 fully saturated rings. The van der Waals surface area contributed by atoms with Gasteiger partial charge in [-0.05, 0) is 24.9 Å². The fraction of sp³-hybridized carbons (Fsp3) is 0.444. The summed E-state index contributed by atoms with van der Waals surface area (Å²) in [6, 6.07) is 0. The minimum Gasteiger partial charge on any atom is -0.466 e. The average molecular weight is 230 g/mol. The highest BCUT2D eigenvalue weighted by molar-refractivity contribution is 6.28. The van der Waals surface area contributed by atoms with Crippen molar-refractivity contribution >= 4 is 23.4 Å². The standard InChI is InChI=1S/C9H12ClN3O2/c1-2-15-7(14)4-3-6-5-12-9(10)13-8(6)11/h5H,2-4H2,1H3,(H2,11,12,13). The number of rotatable bonds is 4. The van der Waals surface area contributed by atoms with E-state index in [4.69, 9.17) is 22.1 Å². The first-order valence-corrected chi connectivity index (χ1v) is 4.93. The van der Waals surface area contributed by atoms with Crippen molar-refractivity contribution in [3.63, 3.8) is 0 Å². The Labute approximate surface area is 92.6 Å². The lowest BCUT2D eigenvalue weighted by molar-refractivity contribution is -0.143. The maximum absolute atomic E-state index is 11.1. The van der Waals surface area contributed by atoms with Gasteiger partial charge in [0.05, 0.1) is 6.61 Å². The van der Waals surface area contributed by atoms with E-state index in [-0.39, 0.29) is 17.7 Å². The molecular weight excluding hydrogens is 218 g/mol. The van der Waals surface area contributed by atoms with E-state index in [9.17, 15) is 4.79 Å². The first kappa shape index (κ1) is 11.7. The van der Waals surface area contributed by atoms with Gasteiger partial charge in [0.1, 0.15) is 5.82 Å². The third-order valence-electron chi connectivity index (χ3n) is 1.77. The van der Waals surface area contributed by atoms with Crippen LogP contribution in [0.15, 0.2) is 6.20 Å².